The highest BCUT2D eigenvalue weighted by Gasteiger charge is 2.25. The number of amides is 1. The summed E-state index contributed by atoms with van der Waals surface area (Å²) in [6.07, 6.45) is 3.44. The van der Waals surface area contributed by atoms with Gasteiger partial charge in [-0.05, 0) is 32.3 Å². The molecule has 1 unspecified atom stereocenters. The molecule has 21 heavy (non-hydrogen) atoms. The molecule has 0 saturated heterocycles. The van der Waals surface area contributed by atoms with Crippen LogP contribution in [0.5, 0.6) is 0 Å². The minimum atomic E-state index is -0.486. The second-order valence-electron chi connectivity index (χ2n) is 5.57. The highest BCUT2D eigenvalue weighted by atomic mass is 16.6. The number of nitro benzene ring substituents is 1. The molecule has 1 saturated carbocycles. The van der Waals surface area contributed by atoms with Gasteiger partial charge in [0.2, 0.25) is 0 Å². The van der Waals surface area contributed by atoms with Crippen LogP contribution in [-0.2, 0) is 0 Å². The quantitative estimate of drug-likeness (QED) is 0.597. The molecule has 0 aliphatic heterocycles. The number of hydrogen-bond acceptors (Lipinski definition) is 4. The zero-order valence-corrected chi connectivity index (χ0v) is 12.4. The van der Waals surface area contributed by atoms with Gasteiger partial charge in [-0.1, -0.05) is 12.8 Å². The normalized spacial score (nSPS) is 15.3. The largest absolute Gasteiger partial charge is 0.385 e. The van der Waals surface area contributed by atoms with Crippen LogP contribution in [0.25, 0.3) is 0 Å². The van der Waals surface area contributed by atoms with Crippen LogP contribution in [0.15, 0.2) is 18.2 Å². The Labute approximate surface area is 124 Å². The Balaban J connectivity index is 2.15. The number of non-ortho nitro benzene ring substituents is 1. The molecule has 2 rings (SSSR count). The van der Waals surface area contributed by atoms with Gasteiger partial charge in [-0.15, -0.1) is 0 Å². The summed E-state index contributed by atoms with van der Waals surface area (Å²) in [6.45, 7) is 4.54. The molecule has 1 amide bonds. The van der Waals surface area contributed by atoms with Crippen molar-refractivity contribution in [2.24, 2.45) is 5.92 Å². The number of nitro groups is 1. The van der Waals surface area contributed by atoms with E-state index in [0.29, 0.717) is 17.8 Å². The minimum absolute atomic E-state index is 0.0725. The van der Waals surface area contributed by atoms with E-state index >= 15 is 0 Å². The van der Waals surface area contributed by atoms with Crippen molar-refractivity contribution in [3.05, 3.63) is 33.9 Å². The minimum Gasteiger partial charge on any atom is -0.385 e. The lowest BCUT2D eigenvalue weighted by Crippen LogP contribution is -2.33. The first kappa shape index (κ1) is 15.3. The van der Waals surface area contributed by atoms with E-state index in [-0.39, 0.29) is 17.6 Å². The number of nitrogens with zero attached hydrogens (tertiary/aromatic N) is 1. The van der Waals surface area contributed by atoms with Gasteiger partial charge < -0.3 is 10.6 Å². The number of anilines is 1. The summed E-state index contributed by atoms with van der Waals surface area (Å²) in [5.74, 6) is 0.460. The van der Waals surface area contributed by atoms with Crippen molar-refractivity contribution in [1.29, 1.82) is 0 Å². The van der Waals surface area contributed by atoms with Crippen molar-refractivity contribution in [2.45, 2.75) is 39.2 Å². The van der Waals surface area contributed by atoms with Gasteiger partial charge in [-0.25, -0.2) is 0 Å². The fourth-order valence-electron chi connectivity index (χ4n) is 2.39. The first-order chi connectivity index (χ1) is 10.0. The molecule has 1 atom stereocenters. The molecular formula is C15H21N3O3. The van der Waals surface area contributed by atoms with E-state index in [1.54, 1.807) is 6.07 Å². The lowest BCUT2D eigenvalue weighted by Gasteiger charge is -2.15. The number of nitrogens with one attached hydrogen (secondary N) is 2. The van der Waals surface area contributed by atoms with Crippen molar-refractivity contribution in [1.82, 2.24) is 5.32 Å². The van der Waals surface area contributed by atoms with E-state index in [2.05, 4.69) is 10.6 Å². The first-order valence-electron chi connectivity index (χ1n) is 7.34. The maximum atomic E-state index is 12.4. The van der Waals surface area contributed by atoms with Gasteiger partial charge in [-0.3, -0.25) is 14.9 Å². The Kier molecular flexibility index (Phi) is 4.77. The van der Waals surface area contributed by atoms with Gasteiger partial charge in [0.25, 0.3) is 11.6 Å². The van der Waals surface area contributed by atoms with Crippen molar-refractivity contribution >= 4 is 17.3 Å². The zero-order valence-electron chi connectivity index (χ0n) is 12.4. The topological polar surface area (TPSA) is 84.3 Å². The highest BCUT2D eigenvalue weighted by molar-refractivity contribution is 6.00. The van der Waals surface area contributed by atoms with Crippen molar-refractivity contribution in [3.63, 3.8) is 0 Å². The third kappa shape index (κ3) is 4.18. The van der Waals surface area contributed by atoms with Crippen molar-refractivity contribution < 1.29 is 9.72 Å². The molecule has 0 heterocycles. The summed E-state index contributed by atoms with van der Waals surface area (Å²) >= 11 is 0. The lowest BCUT2D eigenvalue weighted by molar-refractivity contribution is -0.384. The molecule has 114 valence electrons. The van der Waals surface area contributed by atoms with Crippen LogP contribution in [0.2, 0.25) is 0 Å². The highest BCUT2D eigenvalue weighted by Crippen LogP contribution is 2.33. The molecule has 1 aromatic rings. The van der Waals surface area contributed by atoms with E-state index in [1.165, 1.54) is 25.0 Å². The standard InChI is InChI=1S/C15H21N3O3/c1-3-16-14-7-6-12(18(20)21)9-13(14)15(19)17-10(2)8-11-4-5-11/h6-7,9-11,16H,3-5,8H2,1-2H3,(H,17,19). The molecule has 1 aliphatic rings. The predicted molar refractivity (Wildman–Crippen MR) is 81.5 cm³/mol. The van der Waals surface area contributed by atoms with Gasteiger partial charge in [0.1, 0.15) is 0 Å². The van der Waals surface area contributed by atoms with E-state index in [4.69, 9.17) is 0 Å². The molecule has 2 N–H and O–H groups in total. The van der Waals surface area contributed by atoms with Gasteiger partial charge in [0, 0.05) is 30.4 Å². The Morgan fingerprint density at radius 3 is 2.76 bits per heavy atom. The molecule has 1 aromatic carbocycles. The van der Waals surface area contributed by atoms with Crippen LogP contribution in [0.3, 0.4) is 0 Å². The molecule has 6 heteroatoms. The Bertz CT molecular complexity index is 541. The van der Waals surface area contributed by atoms with Gasteiger partial charge >= 0.3 is 0 Å². The Hall–Kier alpha value is -2.11. The van der Waals surface area contributed by atoms with Crippen LogP contribution in [0, 0.1) is 16.0 Å². The van der Waals surface area contributed by atoms with Crippen molar-refractivity contribution in [3.8, 4) is 0 Å². The van der Waals surface area contributed by atoms with E-state index in [1.807, 2.05) is 13.8 Å². The Morgan fingerprint density at radius 2 is 2.19 bits per heavy atom. The van der Waals surface area contributed by atoms with Gasteiger partial charge in [-0.2, -0.15) is 0 Å². The van der Waals surface area contributed by atoms with Crippen LogP contribution >= 0.6 is 0 Å². The molecule has 0 bridgehead atoms. The average molecular weight is 291 g/mol. The Morgan fingerprint density at radius 1 is 1.48 bits per heavy atom. The lowest BCUT2D eigenvalue weighted by atomic mass is 10.1. The van der Waals surface area contributed by atoms with E-state index in [9.17, 15) is 14.9 Å². The maximum absolute atomic E-state index is 12.4. The molecule has 0 spiro atoms. The monoisotopic (exact) mass is 291 g/mol. The second kappa shape index (κ2) is 6.56. The van der Waals surface area contributed by atoms with E-state index in [0.717, 1.165) is 12.3 Å². The van der Waals surface area contributed by atoms with Crippen LogP contribution in [0.1, 0.15) is 43.5 Å². The van der Waals surface area contributed by atoms with Gasteiger partial charge in [0.05, 0.1) is 10.5 Å². The summed E-state index contributed by atoms with van der Waals surface area (Å²) in [5, 5.41) is 16.9. The van der Waals surface area contributed by atoms with Crippen LogP contribution in [0.4, 0.5) is 11.4 Å². The molecule has 1 fully saturated rings. The van der Waals surface area contributed by atoms with Gasteiger partial charge in [0.15, 0.2) is 0 Å². The summed E-state index contributed by atoms with van der Waals surface area (Å²) in [4.78, 5) is 22.7. The molecule has 6 nitrogen and oxygen atoms in total. The first-order valence-corrected chi connectivity index (χ1v) is 7.34. The van der Waals surface area contributed by atoms with Crippen LogP contribution < -0.4 is 10.6 Å². The molecule has 1 aliphatic carbocycles. The molecular weight excluding hydrogens is 270 g/mol. The summed E-state index contributed by atoms with van der Waals surface area (Å²) in [5.41, 5.74) is 0.879. The molecule has 0 radical (unpaired) electrons. The third-order valence-corrected chi connectivity index (χ3v) is 3.59. The maximum Gasteiger partial charge on any atom is 0.270 e. The number of carbonyl (C=O) groups is 1. The fraction of sp³-hybridized carbons (Fsp3) is 0.533. The van der Waals surface area contributed by atoms with Crippen molar-refractivity contribution in [2.75, 3.05) is 11.9 Å². The van der Waals surface area contributed by atoms with Crippen LogP contribution in [-0.4, -0.2) is 23.4 Å². The summed E-state index contributed by atoms with van der Waals surface area (Å²) in [6, 6.07) is 4.40. The number of carbonyl (C=O) groups excluding carboxylic acids is 1. The second-order valence-corrected chi connectivity index (χ2v) is 5.57. The number of benzene rings is 1. The number of hydrogen-bond donors (Lipinski definition) is 2. The molecule has 0 aromatic heterocycles. The third-order valence-electron chi connectivity index (χ3n) is 3.59. The SMILES string of the molecule is CCNc1ccc([N+](=O)[O-])cc1C(=O)NC(C)CC1CC1. The average Bonchev–Trinajstić information content (AvgIpc) is 3.22. The summed E-state index contributed by atoms with van der Waals surface area (Å²) < 4.78 is 0. The smallest absolute Gasteiger partial charge is 0.270 e. The fourth-order valence-corrected chi connectivity index (χ4v) is 2.39. The predicted octanol–water partition coefficient (Wildman–Crippen LogP) is 2.95. The zero-order chi connectivity index (χ0) is 15.4. The number of rotatable bonds is 7. The summed E-state index contributed by atoms with van der Waals surface area (Å²) in [7, 11) is 0. The van der Waals surface area contributed by atoms with E-state index < -0.39 is 4.92 Å².